The lowest BCUT2D eigenvalue weighted by atomic mass is 9.93. The molecule has 17 heavy (non-hydrogen) atoms. The Morgan fingerprint density at radius 2 is 1.59 bits per heavy atom. The van der Waals surface area contributed by atoms with E-state index in [9.17, 15) is 26.3 Å². The molecule has 0 spiro atoms. The van der Waals surface area contributed by atoms with Crippen LogP contribution in [0.15, 0.2) is 24.5 Å². The number of alkyl halides is 6. The SMILES string of the molecule is NC(c1cccnc1)C(C(F)(F)F)C(F)(F)F. The summed E-state index contributed by atoms with van der Waals surface area (Å²) in [6, 6.07) is 0.0740. The summed E-state index contributed by atoms with van der Waals surface area (Å²) in [4.78, 5) is 3.44. The van der Waals surface area contributed by atoms with E-state index in [4.69, 9.17) is 5.73 Å². The van der Waals surface area contributed by atoms with Gasteiger partial charge in [0, 0.05) is 12.4 Å². The molecule has 0 radical (unpaired) electrons. The predicted molar refractivity (Wildman–Crippen MR) is 46.8 cm³/mol. The molecule has 0 saturated carbocycles. The lowest BCUT2D eigenvalue weighted by molar-refractivity contribution is -0.290. The molecule has 1 unspecified atom stereocenters. The standard InChI is InChI=1S/C9H8F6N2/c10-8(11,12)7(9(13,14)15)6(16)5-2-1-3-17-4-5/h1-4,6-7H,16H2. The van der Waals surface area contributed by atoms with Crippen LogP contribution in [-0.2, 0) is 0 Å². The van der Waals surface area contributed by atoms with Gasteiger partial charge in [0.15, 0.2) is 5.92 Å². The van der Waals surface area contributed by atoms with Crippen molar-refractivity contribution in [2.45, 2.75) is 18.4 Å². The highest BCUT2D eigenvalue weighted by Gasteiger charge is 2.59. The minimum Gasteiger partial charge on any atom is -0.323 e. The summed E-state index contributed by atoms with van der Waals surface area (Å²) in [5.41, 5.74) is 4.72. The monoisotopic (exact) mass is 258 g/mol. The summed E-state index contributed by atoms with van der Waals surface area (Å²) >= 11 is 0. The third-order valence-electron chi connectivity index (χ3n) is 2.13. The average molecular weight is 258 g/mol. The van der Waals surface area contributed by atoms with Gasteiger partial charge in [-0.3, -0.25) is 4.98 Å². The number of hydrogen-bond donors (Lipinski definition) is 1. The first-order chi connectivity index (χ1) is 7.64. The number of halogens is 6. The number of nitrogens with zero attached hydrogens (tertiary/aromatic N) is 1. The molecular formula is C9H8F6N2. The van der Waals surface area contributed by atoms with Crippen LogP contribution in [-0.4, -0.2) is 17.3 Å². The van der Waals surface area contributed by atoms with Gasteiger partial charge in [0.25, 0.3) is 0 Å². The molecule has 1 atom stereocenters. The van der Waals surface area contributed by atoms with Crippen molar-refractivity contribution in [3.05, 3.63) is 30.1 Å². The summed E-state index contributed by atoms with van der Waals surface area (Å²) in [7, 11) is 0. The number of nitrogens with two attached hydrogens (primary N) is 1. The summed E-state index contributed by atoms with van der Waals surface area (Å²) in [6.07, 6.45) is -8.79. The Hall–Kier alpha value is -1.31. The Labute approximate surface area is 92.4 Å². The van der Waals surface area contributed by atoms with E-state index in [0.717, 1.165) is 12.3 Å². The highest BCUT2D eigenvalue weighted by Crippen LogP contribution is 2.45. The fraction of sp³-hybridized carbons (Fsp3) is 0.444. The fourth-order valence-electron chi connectivity index (χ4n) is 1.36. The molecule has 2 nitrogen and oxygen atoms in total. The van der Waals surface area contributed by atoms with Gasteiger partial charge in [0.1, 0.15) is 0 Å². The van der Waals surface area contributed by atoms with Gasteiger partial charge in [-0.15, -0.1) is 0 Å². The number of rotatable bonds is 2. The van der Waals surface area contributed by atoms with Crippen LogP contribution >= 0.6 is 0 Å². The lowest BCUT2D eigenvalue weighted by Gasteiger charge is -2.28. The zero-order valence-electron chi connectivity index (χ0n) is 8.26. The van der Waals surface area contributed by atoms with E-state index < -0.39 is 24.3 Å². The zero-order valence-corrected chi connectivity index (χ0v) is 8.26. The van der Waals surface area contributed by atoms with E-state index in [1.54, 1.807) is 0 Å². The van der Waals surface area contributed by atoms with Crippen LogP contribution < -0.4 is 5.73 Å². The molecule has 0 aliphatic carbocycles. The van der Waals surface area contributed by atoms with Crippen molar-refractivity contribution in [3.63, 3.8) is 0 Å². The Kier molecular flexibility index (Phi) is 3.65. The van der Waals surface area contributed by atoms with Crippen molar-refractivity contribution in [2.75, 3.05) is 0 Å². The molecule has 0 aromatic carbocycles. The van der Waals surface area contributed by atoms with Crippen LogP contribution in [0.1, 0.15) is 11.6 Å². The van der Waals surface area contributed by atoms with Gasteiger partial charge in [-0.25, -0.2) is 0 Å². The Balaban J connectivity index is 3.09. The quantitative estimate of drug-likeness (QED) is 0.828. The smallest absolute Gasteiger partial charge is 0.323 e. The van der Waals surface area contributed by atoms with Crippen molar-refractivity contribution in [2.24, 2.45) is 11.7 Å². The van der Waals surface area contributed by atoms with E-state index in [0.29, 0.717) is 0 Å². The Morgan fingerprint density at radius 3 is 1.94 bits per heavy atom. The molecule has 0 fully saturated rings. The maximum atomic E-state index is 12.3. The molecular weight excluding hydrogens is 250 g/mol. The van der Waals surface area contributed by atoms with Gasteiger partial charge in [0.2, 0.25) is 0 Å². The minimum atomic E-state index is -5.45. The summed E-state index contributed by atoms with van der Waals surface area (Å²) in [5.74, 6) is -3.60. The second-order valence-corrected chi connectivity index (χ2v) is 3.37. The van der Waals surface area contributed by atoms with Crippen molar-refractivity contribution in [1.29, 1.82) is 0 Å². The van der Waals surface area contributed by atoms with Crippen molar-refractivity contribution in [1.82, 2.24) is 4.98 Å². The van der Waals surface area contributed by atoms with Gasteiger partial charge in [-0.2, -0.15) is 26.3 Å². The van der Waals surface area contributed by atoms with E-state index in [1.807, 2.05) is 0 Å². The lowest BCUT2D eigenvalue weighted by Crippen LogP contribution is -2.44. The van der Waals surface area contributed by atoms with Gasteiger partial charge in [-0.1, -0.05) is 6.07 Å². The third-order valence-corrected chi connectivity index (χ3v) is 2.13. The summed E-state index contributed by atoms with van der Waals surface area (Å²) < 4.78 is 74.0. The highest BCUT2D eigenvalue weighted by molar-refractivity contribution is 5.15. The third kappa shape index (κ3) is 3.32. The molecule has 0 saturated heterocycles. The maximum Gasteiger partial charge on any atom is 0.402 e. The van der Waals surface area contributed by atoms with Gasteiger partial charge in [-0.05, 0) is 11.6 Å². The Bertz CT molecular complexity index is 344. The number of pyridine rings is 1. The van der Waals surface area contributed by atoms with Crippen LogP contribution in [0.25, 0.3) is 0 Å². The molecule has 1 heterocycles. The first kappa shape index (κ1) is 13.8. The van der Waals surface area contributed by atoms with E-state index in [1.165, 1.54) is 12.3 Å². The zero-order chi connectivity index (χ0) is 13.3. The molecule has 96 valence electrons. The molecule has 1 aromatic rings. The Morgan fingerprint density at radius 1 is 1.06 bits per heavy atom. The molecule has 8 heteroatoms. The summed E-state index contributed by atoms with van der Waals surface area (Å²) in [5, 5.41) is 0. The molecule has 0 bridgehead atoms. The van der Waals surface area contributed by atoms with Crippen molar-refractivity contribution >= 4 is 0 Å². The maximum absolute atomic E-state index is 12.3. The van der Waals surface area contributed by atoms with Crippen LogP contribution in [0.4, 0.5) is 26.3 Å². The van der Waals surface area contributed by atoms with Crippen molar-refractivity contribution < 1.29 is 26.3 Å². The molecule has 1 rings (SSSR count). The van der Waals surface area contributed by atoms with Gasteiger partial charge < -0.3 is 5.73 Å². The second kappa shape index (κ2) is 4.52. The topological polar surface area (TPSA) is 38.9 Å². The molecule has 0 aliphatic rings. The first-order valence-corrected chi connectivity index (χ1v) is 4.43. The van der Waals surface area contributed by atoms with Crippen LogP contribution in [0, 0.1) is 5.92 Å². The largest absolute Gasteiger partial charge is 0.402 e. The van der Waals surface area contributed by atoms with E-state index >= 15 is 0 Å². The molecule has 2 N–H and O–H groups in total. The second-order valence-electron chi connectivity index (χ2n) is 3.37. The van der Waals surface area contributed by atoms with E-state index in [-0.39, 0.29) is 5.56 Å². The van der Waals surface area contributed by atoms with Crippen LogP contribution in [0.5, 0.6) is 0 Å². The molecule has 1 aromatic heterocycles. The van der Waals surface area contributed by atoms with Gasteiger partial charge in [0.05, 0.1) is 6.04 Å². The fourth-order valence-corrected chi connectivity index (χ4v) is 1.36. The molecule has 0 amide bonds. The highest BCUT2D eigenvalue weighted by atomic mass is 19.4. The minimum absolute atomic E-state index is 0.313. The first-order valence-electron chi connectivity index (χ1n) is 4.43. The van der Waals surface area contributed by atoms with Gasteiger partial charge >= 0.3 is 12.4 Å². The van der Waals surface area contributed by atoms with E-state index in [2.05, 4.69) is 4.98 Å². The normalized spacial score (nSPS) is 15.1. The molecule has 0 aliphatic heterocycles. The number of hydrogen-bond acceptors (Lipinski definition) is 2. The number of aromatic nitrogens is 1. The van der Waals surface area contributed by atoms with Crippen LogP contribution in [0.3, 0.4) is 0 Å². The van der Waals surface area contributed by atoms with Crippen LogP contribution in [0.2, 0.25) is 0 Å². The predicted octanol–water partition coefficient (Wildman–Crippen LogP) is 2.82. The van der Waals surface area contributed by atoms with Crippen molar-refractivity contribution in [3.8, 4) is 0 Å². The average Bonchev–Trinajstić information content (AvgIpc) is 2.14. The summed E-state index contributed by atoms with van der Waals surface area (Å²) in [6.45, 7) is 0.